The zero-order valence-electron chi connectivity index (χ0n) is 17.7. The highest BCUT2D eigenvalue weighted by atomic mass is 35.5. The standard InChI is InChI=1S/C24H31ClN2O2S/c1-2-29-21-14-13-18(25)15-17(21)16-22-23(28)27(20-11-7-4-8-12-20)24(30-22)26-19-9-5-3-6-10-19/h13-16,19-20H,2-12H2,1H3/b22-16-,26-24?. The number of hydrogen-bond acceptors (Lipinski definition) is 4. The maximum Gasteiger partial charge on any atom is 0.267 e. The van der Waals surface area contributed by atoms with Crippen molar-refractivity contribution in [3.05, 3.63) is 33.7 Å². The van der Waals surface area contributed by atoms with E-state index in [-0.39, 0.29) is 11.9 Å². The largest absolute Gasteiger partial charge is 0.493 e. The van der Waals surface area contributed by atoms with Gasteiger partial charge in [-0.05, 0) is 68.6 Å². The van der Waals surface area contributed by atoms with Crippen LogP contribution in [-0.2, 0) is 4.79 Å². The molecule has 3 aliphatic rings. The Labute approximate surface area is 189 Å². The summed E-state index contributed by atoms with van der Waals surface area (Å²) in [5.74, 6) is 0.841. The van der Waals surface area contributed by atoms with Gasteiger partial charge in [0.05, 0.1) is 17.6 Å². The van der Waals surface area contributed by atoms with Gasteiger partial charge in [-0.1, -0.05) is 50.1 Å². The van der Waals surface area contributed by atoms with Gasteiger partial charge in [0.2, 0.25) is 0 Å². The summed E-state index contributed by atoms with van der Waals surface area (Å²) >= 11 is 7.77. The first kappa shape index (κ1) is 21.8. The number of hydrogen-bond donors (Lipinski definition) is 0. The van der Waals surface area contributed by atoms with Gasteiger partial charge in [-0.25, -0.2) is 0 Å². The van der Waals surface area contributed by atoms with E-state index in [1.807, 2.05) is 36.1 Å². The van der Waals surface area contributed by atoms with E-state index in [9.17, 15) is 4.79 Å². The second-order valence-electron chi connectivity index (χ2n) is 8.40. The third-order valence-corrected chi connectivity index (χ3v) is 7.43. The summed E-state index contributed by atoms with van der Waals surface area (Å²) in [7, 11) is 0. The highest BCUT2D eigenvalue weighted by molar-refractivity contribution is 8.18. The van der Waals surface area contributed by atoms with Crippen molar-refractivity contribution in [3.8, 4) is 5.75 Å². The fourth-order valence-corrected chi connectivity index (χ4v) is 5.95. The van der Waals surface area contributed by atoms with Crippen LogP contribution in [0.4, 0.5) is 0 Å². The Hall–Kier alpha value is -1.46. The molecule has 1 aromatic rings. The van der Waals surface area contributed by atoms with Crippen LogP contribution >= 0.6 is 23.4 Å². The number of amidine groups is 1. The average Bonchev–Trinajstić information content (AvgIpc) is 3.06. The topological polar surface area (TPSA) is 41.9 Å². The maximum atomic E-state index is 13.5. The highest BCUT2D eigenvalue weighted by Gasteiger charge is 2.39. The SMILES string of the molecule is CCOc1ccc(Cl)cc1/C=C1\SC(=NC2CCCCC2)N(C2CCCCC2)C1=O. The van der Waals surface area contributed by atoms with E-state index in [0.717, 1.165) is 47.1 Å². The lowest BCUT2D eigenvalue weighted by Gasteiger charge is -2.31. The van der Waals surface area contributed by atoms with Gasteiger partial charge in [-0.2, -0.15) is 0 Å². The Morgan fingerprint density at radius 2 is 1.83 bits per heavy atom. The second kappa shape index (κ2) is 10.2. The van der Waals surface area contributed by atoms with Gasteiger partial charge in [-0.15, -0.1) is 0 Å². The van der Waals surface area contributed by atoms with Crippen LogP contribution in [0.25, 0.3) is 6.08 Å². The number of halogens is 1. The molecular formula is C24H31ClN2O2S. The van der Waals surface area contributed by atoms with Crippen molar-refractivity contribution in [2.75, 3.05) is 6.61 Å². The molecule has 3 fully saturated rings. The Balaban J connectivity index is 1.66. The Bertz CT molecular complexity index is 826. The fraction of sp³-hybridized carbons (Fsp3) is 0.583. The zero-order valence-corrected chi connectivity index (χ0v) is 19.3. The summed E-state index contributed by atoms with van der Waals surface area (Å²) in [6, 6.07) is 6.19. The van der Waals surface area contributed by atoms with E-state index >= 15 is 0 Å². The average molecular weight is 447 g/mol. The maximum absolute atomic E-state index is 13.5. The van der Waals surface area contributed by atoms with Crippen LogP contribution in [-0.4, -0.2) is 34.7 Å². The molecule has 6 heteroatoms. The first-order valence-corrected chi connectivity index (χ1v) is 12.6. The molecule has 2 aliphatic carbocycles. The number of ether oxygens (including phenoxy) is 1. The molecule has 2 saturated carbocycles. The summed E-state index contributed by atoms with van der Waals surface area (Å²) < 4.78 is 5.76. The zero-order chi connectivity index (χ0) is 20.9. The van der Waals surface area contributed by atoms with Gasteiger partial charge in [0.25, 0.3) is 5.91 Å². The summed E-state index contributed by atoms with van der Waals surface area (Å²) in [5.41, 5.74) is 0.850. The minimum absolute atomic E-state index is 0.0869. The third-order valence-electron chi connectivity index (χ3n) is 6.20. The second-order valence-corrected chi connectivity index (χ2v) is 9.84. The summed E-state index contributed by atoms with van der Waals surface area (Å²) in [6.45, 7) is 2.53. The van der Waals surface area contributed by atoms with Crippen molar-refractivity contribution in [1.29, 1.82) is 0 Å². The number of rotatable bonds is 5. The van der Waals surface area contributed by atoms with Gasteiger partial charge in [-0.3, -0.25) is 14.7 Å². The van der Waals surface area contributed by atoms with Crippen LogP contribution in [0.5, 0.6) is 5.75 Å². The molecule has 0 bridgehead atoms. The number of carbonyl (C=O) groups excluding carboxylic acids is 1. The number of carbonyl (C=O) groups is 1. The molecule has 4 nitrogen and oxygen atoms in total. The molecule has 0 radical (unpaired) electrons. The lowest BCUT2D eigenvalue weighted by molar-refractivity contribution is -0.124. The molecule has 1 aromatic carbocycles. The molecule has 1 amide bonds. The van der Waals surface area contributed by atoms with Crippen molar-refractivity contribution in [3.63, 3.8) is 0 Å². The number of thioether (sulfide) groups is 1. The monoisotopic (exact) mass is 446 g/mol. The molecule has 0 N–H and O–H groups in total. The molecule has 4 rings (SSSR count). The Kier molecular flexibility index (Phi) is 7.42. The minimum Gasteiger partial charge on any atom is -0.493 e. The lowest BCUT2D eigenvalue weighted by atomic mass is 9.94. The van der Waals surface area contributed by atoms with Crippen molar-refractivity contribution in [2.45, 2.75) is 83.2 Å². The van der Waals surface area contributed by atoms with Crippen LogP contribution in [0.2, 0.25) is 5.02 Å². The summed E-state index contributed by atoms with van der Waals surface area (Å²) in [6.07, 6.45) is 13.8. The van der Waals surface area contributed by atoms with Gasteiger partial charge < -0.3 is 4.74 Å². The van der Waals surface area contributed by atoms with E-state index < -0.39 is 0 Å². The molecule has 0 spiro atoms. The molecule has 162 valence electrons. The molecule has 0 aromatic heterocycles. The molecule has 30 heavy (non-hydrogen) atoms. The Morgan fingerprint density at radius 3 is 2.53 bits per heavy atom. The normalized spacial score (nSPS) is 24.2. The highest BCUT2D eigenvalue weighted by Crippen LogP contribution is 2.39. The van der Waals surface area contributed by atoms with E-state index in [4.69, 9.17) is 21.3 Å². The number of nitrogens with zero attached hydrogens (tertiary/aromatic N) is 2. The van der Waals surface area contributed by atoms with Crippen LogP contribution in [0, 0.1) is 0 Å². The minimum atomic E-state index is 0.0869. The number of aliphatic imine (C=N–C) groups is 1. The predicted octanol–water partition coefficient (Wildman–Crippen LogP) is 6.68. The van der Waals surface area contributed by atoms with E-state index in [1.54, 1.807) is 0 Å². The molecule has 0 unspecified atom stereocenters. The van der Waals surface area contributed by atoms with Crippen molar-refractivity contribution in [1.82, 2.24) is 4.90 Å². The van der Waals surface area contributed by atoms with Crippen LogP contribution in [0.3, 0.4) is 0 Å². The van der Waals surface area contributed by atoms with E-state index in [2.05, 4.69) is 0 Å². The first-order chi connectivity index (χ1) is 14.7. The van der Waals surface area contributed by atoms with Crippen LogP contribution < -0.4 is 4.74 Å². The van der Waals surface area contributed by atoms with Crippen molar-refractivity contribution < 1.29 is 9.53 Å². The van der Waals surface area contributed by atoms with Gasteiger partial charge in [0, 0.05) is 16.6 Å². The van der Waals surface area contributed by atoms with Crippen molar-refractivity contribution >= 4 is 40.5 Å². The van der Waals surface area contributed by atoms with Gasteiger partial charge >= 0.3 is 0 Å². The third kappa shape index (κ3) is 5.05. The number of benzene rings is 1. The van der Waals surface area contributed by atoms with Gasteiger partial charge in [0.1, 0.15) is 5.75 Å². The Morgan fingerprint density at radius 1 is 1.13 bits per heavy atom. The van der Waals surface area contributed by atoms with Crippen molar-refractivity contribution in [2.24, 2.45) is 4.99 Å². The lowest BCUT2D eigenvalue weighted by Crippen LogP contribution is -2.41. The molecular weight excluding hydrogens is 416 g/mol. The van der Waals surface area contributed by atoms with Gasteiger partial charge in [0.15, 0.2) is 5.17 Å². The quantitative estimate of drug-likeness (QED) is 0.474. The van der Waals surface area contributed by atoms with Crippen LogP contribution in [0.1, 0.15) is 76.7 Å². The summed E-state index contributed by atoms with van der Waals surface area (Å²) in [4.78, 5) is 21.3. The molecule has 0 atom stereocenters. The predicted molar refractivity (Wildman–Crippen MR) is 126 cm³/mol. The fourth-order valence-electron chi connectivity index (χ4n) is 4.66. The first-order valence-electron chi connectivity index (χ1n) is 11.4. The van der Waals surface area contributed by atoms with E-state index in [1.165, 1.54) is 50.3 Å². The number of amides is 1. The molecule has 1 aliphatic heterocycles. The molecule has 1 heterocycles. The summed E-state index contributed by atoms with van der Waals surface area (Å²) in [5, 5.41) is 1.55. The van der Waals surface area contributed by atoms with Crippen LogP contribution in [0.15, 0.2) is 28.1 Å². The van der Waals surface area contributed by atoms with E-state index in [0.29, 0.717) is 17.7 Å². The smallest absolute Gasteiger partial charge is 0.267 e. The molecule has 1 saturated heterocycles.